The van der Waals surface area contributed by atoms with Gasteiger partial charge in [0.2, 0.25) is 0 Å². The Labute approximate surface area is 103 Å². The molecule has 0 spiro atoms. The fraction of sp³-hybridized carbons (Fsp3) is 0.400. The Morgan fingerprint density at radius 1 is 0.833 bits per heavy atom. The summed E-state index contributed by atoms with van der Waals surface area (Å²) in [5.41, 5.74) is 0. The van der Waals surface area contributed by atoms with Gasteiger partial charge in [0, 0.05) is 12.2 Å². The smallest absolute Gasteiger partial charge is 0.331 e. The second-order valence-corrected chi connectivity index (χ2v) is 2.55. The summed E-state index contributed by atoms with van der Waals surface area (Å²) in [5.74, 6) is -1.52. The Morgan fingerprint density at radius 2 is 1.22 bits per heavy atom. The molecule has 0 heterocycles. The number of esters is 2. The highest BCUT2D eigenvalue weighted by molar-refractivity contribution is 5.91. The lowest BCUT2D eigenvalue weighted by Crippen LogP contribution is -2.09. The quantitative estimate of drug-likeness (QED) is 0.249. The lowest BCUT2D eigenvalue weighted by Gasteiger charge is -2.00. The van der Waals surface area contributed by atoms with Crippen LogP contribution >= 0.6 is 0 Å². The molecule has 18 heavy (non-hydrogen) atoms. The van der Waals surface area contributed by atoms with Crippen LogP contribution in [-0.2, 0) is 28.5 Å². The van der Waals surface area contributed by atoms with E-state index in [4.69, 9.17) is 10.5 Å². The number of rotatable bonds is 8. The topological polar surface area (TPSA) is 119 Å². The van der Waals surface area contributed by atoms with Crippen molar-refractivity contribution in [3.63, 3.8) is 0 Å². The van der Waals surface area contributed by atoms with Crippen molar-refractivity contribution in [1.29, 1.82) is 10.5 Å². The van der Waals surface area contributed by atoms with Crippen molar-refractivity contribution in [3.05, 3.63) is 12.2 Å². The second-order valence-electron chi connectivity index (χ2n) is 2.55. The lowest BCUT2D eigenvalue weighted by molar-refractivity contribution is -0.141. The van der Waals surface area contributed by atoms with E-state index in [1.54, 1.807) is 0 Å². The van der Waals surface area contributed by atoms with Crippen LogP contribution in [0.1, 0.15) is 0 Å². The molecule has 0 bridgehead atoms. The average molecular weight is 254 g/mol. The molecule has 0 radical (unpaired) electrons. The molecule has 0 aromatic carbocycles. The zero-order valence-electron chi connectivity index (χ0n) is 9.33. The lowest BCUT2D eigenvalue weighted by atomic mass is 10.5. The molecule has 0 aliphatic heterocycles. The van der Waals surface area contributed by atoms with Crippen LogP contribution < -0.4 is 0 Å². The van der Waals surface area contributed by atoms with Gasteiger partial charge in [-0.05, 0) is 0 Å². The molecule has 0 aliphatic carbocycles. The molecule has 0 atom stereocenters. The molecule has 0 aromatic heterocycles. The summed E-state index contributed by atoms with van der Waals surface area (Å²) in [6.07, 6.45) is 4.56. The highest BCUT2D eigenvalue weighted by Gasteiger charge is 2.01. The van der Waals surface area contributed by atoms with Crippen LogP contribution in [0, 0.1) is 23.0 Å². The number of ether oxygens (including phenoxy) is 4. The van der Waals surface area contributed by atoms with Gasteiger partial charge in [-0.1, -0.05) is 0 Å². The van der Waals surface area contributed by atoms with E-state index in [-0.39, 0.29) is 26.4 Å². The third-order valence-electron chi connectivity index (χ3n) is 1.34. The fourth-order valence-electron chi connectivity index (χ4n) is 0.691. The molecular formula is C10H10N2O6. The van der Waals surface area contributed by atoms with Crippen LogP contribution in [0.15, 0.2) is 12.2 Å². The first-order valence-corrected chi connectivity index (χ1v) is 4.74. The molecule has 0 fully saturated rings. The van der Waals surface area contributed by atoms with Crippen LogP contribution in [0.3, 0.4) is 0 Å². The number of carbonyl (C=O) groups is 2. The van der Waals surface area contributed by atoms with E-state index < -0.39 is 11.9 Å². The van der Waals surface area contributed by atoms with Crippen molar-refractivity contribution in [3.8, 4) is 12.5 Å². The van der Waals surface area contributed by atoms with Gasteiger partial charge in [0.15, 0.2) is 0 Å². The van der Waals surface area contributed by atoms with Crippen molar-refractivity contribution in [2.24, 2.45) is 0 Å². The van der Waals surface area contributed by atoms with Gasteiger partial charge in [0.1, 0.15) is 26.4 Å². The minimum Gasteiger partial charge on any atom is -0.459 e. The maximum absolute atomic E-state index is 11.0. The summed E-state index contributed by atoms with van der Waals surface area (Å²) in [7, 11) is 0. The molecule has 0 unspecified atom stereocenters. The molecule has 8 nitrogen and oxygen atoms in total. The molecule has 0 aromatic rings. The van der Waals surface area contributed by atoms with E-state index in [0.717, 1.165) is 12.2 Å². The van der Waals surface area contributed by atoms with E-state index in [1.807, 2.05) is 0 Å². The van der Waals surface area contributed by atoms with Gasteiger partial charge in [0.25, 0.3) is 12.5 Å². The average Bonchev–Trinajstić information content (AvgIpc) is 2.37. The van der Waals surface area contributed by atoms with Gasteiger partial charge in [-0.2, -0.15) is 10.5 Å². The Kier molecular flexibility index (Phi) is 9.13. The van der Waals surface area contributed by atoms with Gasteiger partial charge < -0.3 is 18.9 Å². The Hall–Kier alpha value is -2.74. The van der Waals surface area contributed by atoms with Crippen LogP contribution in [0.5, 0.6) is 0 Å². The highest BCUT2D eigenvalue weighted by atomic mass is 16.6. The van der Waals surface area contributed by atoms with Gasteiger partial charge in [-0.25, -0.2) is 9.59 Å². The number of hydrogen-bond donors (Lipinski definition) is 0. The number of carbonyl (C=O) groups excluding carboxylic acids is 2. The Balaban J connectivity index is 3.66. The van der Waals surface area contributed by atoms with Gasteiger partial charge >= 0.3 is 11.9 Å². The molecule has 8 heteroatoms. The molecule has 0 rings (SSSR count). The zero-order valence-corrected chi connectivity index (χ0v) is 9.33. The number of nitriles is 2. The van der Waals surface area contributed by atoms with Gasteiger partial charge in [-0.3, -0.25) is 0 Å². The summed E-state index contributed by atoms with van der Waals surface area (Å²) in [5, 5.41) is 16.0. The second kappa shape index (κ2) is 10.8. The first kappa shape index (κ1) is 15.3. The maximum atomic E-state index is 11.0. The molecule has 0 amide bonds. The van der Waals surface area contributed by atoms with Crippen molar-refractivity contribution < 1.29 is 28.5 Å². The first-order chi connectivity index (χ1) is 8.70. The van der Waals surface area contributed by atoms with Crippen LogP contribution in [0.4, 0.5) is 0 Å². The highest BCUT2D eigenvalue weighted by Crippen LogP contribution is 1.86. The van der Waals surface area contributed by atoms with Crippen LogP contribution in [0.2, 0.25) is 0 Å². The van der Waals surface area contributed by atoms with E-state index >= 15 is 0 Å². The minimum absolute atomic E-state index is 0.0496. The molecule has 0 aliphatic rings. The molecule has 0 saturated carbocycles. The summed E-state index contributed by atoms with van der Waals surface area (Å²) in [4.78, 5) is 21.9. The van der Waals surface area contributed by atoms with Crippen molar-refractivity contribution >= 4 is 11.9 Å². The van der Waals surface area contributed by atoms with E-state index in [1.165, 1.54) is 12.5 Å². The molecule has 0 N–H and O–H groups in total. The summed E-state index contributed by atoms with van der Waals surface area (Å²) >= 11 is 0. The normalized spacial score (nSPS) is 9.00. The summed E-state index contributed by atoms with van der Waals surface area (Å²) < 4.78 is 17.6. The van der Waals surface area contributed by atoms with Gasteiger partial charge in [0.05, 0.1) is 0 Å². The van der Waals surface area contributed by atoms with Crippen molar-refractivity contribution in [2.75, 3.05) is 26.4 Å². The predicted molar refractivity (Wildman–Crippen MR) is 54.2 cm³/mol. The van der Waals surface area contributed by atoms with E-state index in [0.29, 0.717) is 0 Å². The SMILES string of the molecule is N#COCCOC(=O)C=CC(=O)OCCOC#N. The zero-order chi connectivity index (χ0) is 13.6. The van der Waals surface area contributed by atoms with Gasteiger partial charge in [-0.15, -0.1) is 0 Å². The predicted octanol–water partition coefficient (Wildman–Crippen LogP) is -0.376. The van der Waals surface area contributed by atoms with Crippen molar-refractivity contribution in [2.45, 2.75) is 0 Å². The fourth-order valence-corrected chi connectivity index (χ4v) is 0.691. The van der Waals surface area contributed by atoms with E-state index in [2.05, 4.69) is 18.9 Å². The monoisotopic (exact) mass is 254 g/mol. The number of hydrogen-bond acceptors (Lipinski definition) is 8. The van der Waals surface area contributed by atoms with E-state index in [9.17, 15) is 9.59 Å². The van der Waals surface area contributed by atoms with Crippen LogP contribution in [-0.4, -0.2) is 38.4 Å². The first-order valence-electron chi connectivity index (χ1n) is 4.74. The molecular weight excluding hydrogens is 244 g/mol. The Bertz CT molecular complexity index is 343. The Morgan fingerprint density at radius 3 is 1.56 bits per heavy atom. The largest absolute Gasteiger partial charge is 0.459 e. The molecule has 96 valence electrons. The molecule has 0 saturated heterocycles. The standard InChI is InChI=1S/C10H10N2O6/c11-7-15-3-5-17-9(13)1-2-10(14)18-6-4-16-8-12/h1-2H,3-6H2. The third kappa shape index (κ3) is 9.80. The van der Waals surface area contributed by atoms with Crippen molar-refractivity contribution in [1.82, 2.24) is 0 Å². The number of nitrogens with zero attached hydrogens (tertiary/aromatic N) is 2. The minimum atomic E-state index is -0.762. The summed E-state index contributed by atoms with van der Waals surface area (Å²) in [6, 6.07) is 0. The third-order valence-corrected chi connectivity index (χ3v) is 1.34. The summed E-state index contributed by atoms with van der Waals surface area (Å²) in [6.45, 7) is -0.290. The van der Waals surface area contributed by atoms with Crippen LogP contribution in [0.25, 0.3) is 0 Å². The maximum Gasteiger partial charge on any atom is 0.331 e.